The van der Waals surface area contributed by atoms with E-state index in [1.807, 2.05) is 0 Å². The highest BCUT2D eigenvalue weighted by molar-refractivity contribution is 4.78. The van der Waals surface area contributed by atoms with E-state index in [4.69, 9.17) is 0 Å². The van der Waals surface area contributed by atoms with Crippen molar-refractivity contribution in [3.8, 4) is 0 Å². The fourth-order valence-electron chi connectivity index (χ4n) is 3.02. The minimum atomic E-state index is 0.767. The second kappa shape index (κ2) is 11.7. The van der Waals surface area contributed by atoms with Crippen LogP contribution in [0.1, 0.15) is 77.6 Å². The van der Waals surface area contributed by atoms with Gasteiger partial charge in [0.2, 0.25) is 0 Å². The molecule has 0 saturated carbocycles. The Morgan fingerprint density at radius 2 is 1.47 bits per heavy atom. The summed E-state index contributed by atoms with van der Waals surface area (Å²) in [6, 6.07) is 0.767. The number of unbranched alkanes of at least 4 members (excludes halogenated alkanes) is 9. The summed E-state index contributed by atoms with van der Waals surface area (Å²) in [5.41, 5.74) is 0. The van der Waals surface area contributed by atoms with Gasteiger partial charge in [-0.3, -0.25) is 0 Å². The number of nitrogens with one attached hydrogen (secondary N) is 1. The highest BCUT2D eigenvalue weighted by Crippen LogP contribution is 2.10. The lowest BCUT2D eigenvalue weighted by molar-refractivity contribution is 0.396. The first-order chi connectivity index (χ1) is 9.33. The van der Waals surface area contributed by atoms with Crippen molar-refractivity contribution in [1.29, 1.82) is 0 Å². The molecular formula is C17H36N2. The number of rotatable bonds is 12. The zero-order valence-electron chi connectivity index (χ0n) is 13.4. The summed E-state index contributed by atoms with van der Waals surface area (Å²) in [7, 11) is 2.22. The van der Waals surface area contributed by atoms with Gasteiger partial charge in [-0.1, -0.05) is 64.7 Å². The van der Waals surface area contributed by atoms with Gasteiger partial charge in [-0.25, -0.2) is 0 Å². The highest BCUT2D eigenvalue weighted by atomic mass is 15.2. The average molecular weight is 268 g/mol. The topological polar surface area (TPSA) is 15.3 Å². The Balaban J connectivity index is 1.72. The largest absolute Gasteiger partial charge is 0.313 e. The van der Waals surface area contributed by atoms with Crippen LogP contribution in [0, 0.1) is 0 Å². The molecule has 0 aromatic rings. The molecule has 1 saturated heterocycles. The number of likely N-dealkylation sites (N-methyl/N-ethyl adjacent to an activating group) is 1. The molecule has 1 aliphatic rings. The summed E-state index contributed by atoms with van der Waals surface area (Å²) in [5.74, 6) is 0. The number of likely N-dealkylation sites (tertiary alicyclic amines) is 1. The second-order valence-corrected chi connectivity index (χ2v) is 6.38. The lowest BCUT2D eigenvalue weighted by atomic mass is 10.1. The molecule has 1 rings (SSSR count). The molecule has 1 unspecified atom stereocenters. The Kier molecular flexibility index (Phi) is 10.5. The van der Waals surface area contributed by atoms with Crippen molar-refractivity contribution < 1.29 is 0 Å². The van der Waals surface area contributed by atoms with E-state index in [9.17, 15) is 0 Å². The Bertz CT molecular complexity index is 194. The third-order valence-electron chi connectivity index (χ3n) is 4.35. The first kappa shape index (κ1) is 17.0. The summed E-state index contributed by atoms with van der Waals surface area (Å²) in [5, 5.41) is 3.70. The summed E-state index contributed by atoms with van der Waals surface area (Å²) >= 11 is 0. The molecule has 1 N–H and O–H groups in total. The first-order valence-corrected chi connectivity index (χ1v) is 8.75. The third kappa shape index (κ3) is 9.45. The van der Waals surface area contributed by atoms with Crippen molar-refractivity contribution in [2.75, 3.05) is 26.7 Å². The van der Waals surface area contributed by atoms with E-state index in [2.05, 4.69) is 24.2 Å². The van der Waals surface area contributed by atoms with Crippen molar-refractivity contribution in [2.45, 2.75) is 83.6 Å². The van der Waals surface area contributed by atoms with Crippen LogP contribution in [0.2, 0.25) is 0 Å². The van der Waals surface area contributed by atoms with E-state index >= 15 is 0 Å². The maximum absolute atomic E-state index is 3.70. The number of hydrogen-bond acceptors (Lipinski definition) is 2. The normalized spacial score (nSPS) is 20.2. The van der Waals surface area contributed by atoms with Crippen LogP contribution in [0.5, 0.6) is 0 Å². The molecule has 0 aliphatic carbocycles. The van der Waals surface area contributed by atoms with Crippen LogP contribution in [-0.2, 0) is 0 Å². The number of hydrogen-bond donors (Lipinski definition) is 1. The van der Waals surface area contributed by atoms with Crippen LogP contribution >= 0.6 is 0 Å². The van der Waals surface area contributed by atoms with Gasteiger partial charge in [0, 0.05) is 12.6 Å². The molecule has 1 atom stereocenters. The summed E-state index contributed by atoms with van der Waals surface area (Å²) in [4.78, 5) is 2.43. The molecule has 1 heterocycles. The van der Waals surface area contributed by atoms with Gasteiger partial charge < -0.3 is 10.2 Å². The molecule has 2 nitrogen and oxygen atoms in total. The molecule has 2 heteroatoms. The molecule has 19 heavy (non-hydrogen) atoms. The summed E-state index contributed by atoms with van der Waals surface area (Å²) < 4.78 is 0. The third-order valence-corrected chi connectivity index (χ3v) is 4.35. The van der Waals surface area contributed by atoms with Crippen molar-refractivity contribution in [2.24, 2.45) is 0 Å². The van der Waals surface area contributed by atoms with Crippen LogP contribution in [0.25, 0.3) is 0 Å². The quantitative estimate of drug-likeness (QED) is 0.534. The number of nitrogens with zero attached hydrogens (tertiary/aromatic N) is 1. The monoisotopic (exact) mass is 268 g/mol. The molecule has 1 fully saturated rings. The van der Waals surface area contributed by atoms with Gasteiger partial charge in [-0.2, -0.15) is 0 Å². The van der Waals surface area contributed by atoms with Crippen molar-refractivity contribution in [3.05, 3.63) is 0 Å². The molecule has 0 radical (unpaired) electrons. The Morgan fingerprint density at radius 3 is 2.00 bits per heavy atom. The molecule has 0 spiro atoms. The smallest absolute Gasteiger partial charge is 0.0207 e. The SMILES string of the molecule is CCCCCCCCCCCCNC1CCN(C)C1. The maximum atomic E-state index is 3.70. The van der Waals surface area contributed by atoms with Gasteiger partial charge in [0.25, 0.3) is 0 Å². The molecule has 0 aromatic carbocycles. The standard InChI is InChI=1S/C17H36N2/c1-3-4-5-6-7-8-9-10-11-12-14-18-17-13-15-19(2)16-17/h17-18H,3-16H2,1-2H3. The zero-order chi connectivity index (χ0) is 13.8. The van der Waals surface area contributed by atoms with Gasteiger partial charge in [0.15, 0.2) is 0 Å². The van der Waals surface area contributed by atoms with Gasteiger partial charge in [0.1, 0.15) is 0 Å². The zero-order valence-corrected chi connectivity index (χ0v) is 13.4. The predicted octanol–water partition coefficient (Wildman–Crippen LogP) is 4.20. The van der Waals surface area contributed by atoms with E-state index in [1.54, 1.807) is 0 Å². The van der Waals surface area contributed by atoms with Gasteiger partial charge in [0.05, 0.1) is 0 Å². The van der Waals surface area contributed by atoms with Gasteiger partial charge >= 0.3 is 0 Å². The van der Waals surface area contributed by atoms with Crippen molar-refractivity contribution in [3.63, 3.8) is 0 Å². The van der Waals surface area contributed by atoms with E-state index in [0.29, 0.717) is 0 Å². The molecule has 114 valence electrons. The van der Waals surface area contributed by atoms with Crippen LogP contribution in [-0.4, -0.2) is 37.6 Å². The maximum Gasteiger partial charge on any atom is 0.0207 e. The Morgan fingerprint density at radius 1 is 0.895 bits per heavy atom. The lowest BCUT2D eigenvalue weighted by Crippen LogP contribution is -2.32. The molecule has 0 aromatic heterocycles. The summed E-state index contributed by atoms with van der Waals surface area (Å²) in [6.07, 6.45) is 15.7. The average Bonchev–Trinajstić information content (AvgIpc) is 2.82. The molecular weight excluding hydrogens is 232 g/mol. The van der Waals surface area contributed by atoms with Crippen LogP contribution in [0.4, 0.5) is 0 Å². The molecule has 0 amide bonds. The van der Waals surface area contributed by atoms with E-state index in [1.165, 1.54) is 90.3 Å². The van der Waals surface area contributed by atoms with E-state index in [0.717, 1.165) is 6.04 Å². The van der Waals surface area contributed by atoms with Crippen molar-refractivity contribution >= 4 is 0 Å². The minimum Gasteiger partial charge on any atom is -0.313 e. The predicted molar refractivity (Wildman–Crippen MR) is 85.7 cm³/mol. The van der Waals surface area contributed by atoms with E-state index in [-0.39, 0.29) is 0 Å². The Hall–Kier alpha value is -0.0800. The summed E-state index contributed by atoms with van der Waals surface area (Å²) in [6.45, 7) is 6.04. The van der Waals surface area contributed by atoms with Crippen LogP contribution < -0.4 is 5.32 Å². The highest BCUT2D eigenvalue weighted by Gasteiger charge is 2.17. The fraction of sp³-hybridized carbons (Fsp3) is 1.00. The lowest BCUT2D eigenvalue weighted by Gasteiger charge is -2.12. The van der Waals surface area contributed by atoms with Crippen LogP contribution in [0.3, 0.4) is 0 Å². The van der Waals surface area contributed by atoms with Gasteiger partial charge in [-0.15, -0.1) is 0 Å². The van der Waals surface area contributed by atoms with Crippen molar-refractivity contribution in [1.82, 2.24) is 10.2 Å². The minimum absolute atomic E-state index is 0.767. The molecule has 0 bridgehead atoms. The fourth-order valence-corrected chi connectivity index (χ4v) is 3.02. The first-order valence-electron chi connectivity index (χ1n) is 8.75. The van der Waals surface area contributed by atoms with Gasteiger partial charge in [-0.05, 0) is 33.0 Å². The van der Waals surface area contributed by atoms with E-state index < -0.39 is 0 Å². The Labute approximate surface area is 121 Å². The van der Waals surface area contributed by atoms with Crippen LogP contribution in [0.15, 0.2) is 0 Å². The molecule has 1 aliphatic heterocycles. The second-order valence-electron chi connectivity index (χ2n) is 6.38.